The van der Waals surface area contributed by atoms with Crippen LogP contribution in [0.15, 0.2) is 60.7 Å². The van der Waals surface area contributed by atoms with Crippen molar-refractivity contribution in [3.63, 3.8) is 0 Å². The molecule has 0 amide bonds. The van der Waals surface area contributed by atoms with Gasteiger partial charge in [0.05, 0.1) is 6.61 Å². The van der Waals surface area contributed by atoms with Gasteiger partial charge < -0.3 is 9.47 Å². The standard InChI is InChI=1S/C18H19NO3/c20-18-17(19-11-14-7-3-1-4-8-14)16(13-22-18)21-12-15-9-5-2-6-10-15/h1-10,16-17,19H,11-13H2/t16-,17-/m1/s1. The molecule has 2 aromatic rings. The Kier molecular flexibility index (Phi) is 4.83. The minimum atomic E-state index is -0.413. The van der Waals surface area contributed by atoms with E-state index in [0.717, 1.165) is 11.1 Å². The van der Waals surface area contributed by atoms with Crippen molar-refractivity contribution in [2.45, 2.75) is 25.3 Å². The lowest BCUT2D eigenvalue weighted by Gasteiger charge is -2.17. The lowest BCUT2D eigenvalue weighted by molar-refractivity contribution is -0.139. The maximum atomic E-state index is 11.9. The highest BCUT2D eigenvalue weighted by Crippen LogP contribution is 2.15. The van der Waals surface area contributed by atoms with Gasteiger partial charge in [0.15, 0.2) is 0 Å². The van der Waals surface area contributed by atoms with Crippen molar-refractivity contribution >= 4 is 5.97 Å². The first kappa shape index (κ1) is 14.8. The lowest BCUT2D eigenvalue weighted by Crippen LogP contribution is -2.42. The molecule has 4 heteroatoms. The SMILES string of the molecule is O=C1OC[C@@H](OCc2ccccc2)[C@H]1NCc1ccccc1. The number of hydrogen-bond donors (Lipinski definition) is 1. The van der Waals surface area contributed by atoms with E-state index in [1.54, 1.807) is 0 Å². The van der Waals surface area contributed by atoms with Crippen LogP contribution >= 0.6 is 0 Å². The smallest absolute Gasteiger partial charge is 0.326 e. The van der Waals surface area contributed by atoms with Crippen LogP contribution in [0.2, 0.25) is 0 Å². The Labute approximate surface area is 130 Å². The highest BCUT2D eigenvalue weighted by atomic mass is 16.6. The highest BCUT2D eigenvalue weighted by Gasteiger charge is 2.37. The number of carbonyl (C=O) groups is 1. The number of rotatable bonds is 6. The summed E-state index contributed by atoms with van der Waals surface area (Å²) in [7, 11) is 0. The fraction of sp³-hybridized carbons (Fsp3) is 0.278. The first-order valence-corrected chi connectivity index (χ1v) is 7.42. The Balaban J connectivity index is 1.55. The number of hydrogen-bond acceptors (Lipinski definition) is 4. The number of benzene rings is 2. The van der Waals surface area contributed by atoms with Crippen molar-refractivity contribution in [2.75, 3.05) is 6.61 Å². The van der Waals surface area contributed by atoms with E-state index in [9.17, 15) is 4.79 Å². The van der Waals surface area contributed by atoms with Gasteiger partial charge in [-0.25, -0.2) is 0 Å². The average Bonchev–Trinajstić information content (AvgIpc) is 2.93. The van der Waals surface area contributed by atoms with E-state index in [-0.39, 0.29) is 12.1 Å². The molecule has 0 spiro atoms. The van der Waals surface area contributed by atoms with Crippen molar-refractivity contribution in [3.8, 4) is 0 Å². The minimum absolute atomic E-state index is 0.242. The molecule has 4 nitrogen and oxygen atoms in total. The third-order valence-electron chi connectivity index (χ3n) is 3.69. The molecular weight excluding hydrogens is 278 g/mol. The summed E-state index contributed by atoms with van der Waals surface area (Å²) in [5.74, 6) is -0.242. The Morgan fingerprint density at radius 1 is 1.00 bits per heavy atom. The molecular formula is C18H19NO3. The fourth-order valence-electron chi connectivity index (χ4n) is 2.46. The molecule has 114 valence electrons. The third kappa shape index (κ3) is 3.72. The van der Waals surface area contributed by atoms with E-state index in [1.165, 1.54) is 0 Å². The van der Waals surface area contributed by atoms with Crippen LogP contribution in [-0.2, 0) is 27.4 Å². The molecule has 2 aromatic carbocycles. The van der Waals surface area contributed by atoms with Gasteiger partial charge >= 0.3 is 5.97 Å². The summed E-state index contributed by atoms with van der Waals surface area (Å²) in [6, 6.07) is 19.5. The van der Waals surface area contributed by atoms with E-state index in [0.29, 0.717) is 19.8 Å². The zero-order chi connectivity index (χ0) is 15.2. The predicted molar refractivity (Wildman–Crippen MR) is 83.0 cm³/mol. The van der Waals surface area contributed by atoms with Crippen LogP contribution in [0.25, 0.3) is 0 Å². The summed E-state index contributed by atoms with van der Waals surface area (Å²) >= 11 is 0. The van der Waals surface area contributed by atoms with Crippen molar-refractivity contribution in [1.82, 2.24) is 5.32 Å². The summed E-state index contributed by atoms with van der Waals surface area (Å²) in [6.07, 6.45) is -0.253. The highest BCUT2D eigenvalue weighted by molar-refractivity contribution is 5.78. The van der Waals surface area contributed by atoms with Crippen LogP contribution in [0.4, 0.5) is 0 Å². The molecule has 0 radical (unpaired) electrons. The Morgan fingerprint density at radius 3 is 2.32 bits per heavy atom. The van der Waals surface area contributed by atoms with E-state index in [2.05, 4.69) is 5.32 Å². The largest absolute Gasteiger partial charge is 0.462 e. The lowest BCUT2D eigenvalue weighted by atomic mass is 10.1. The molecule has 1 aliphatic rings. The molecule has 22 heavy (non-hydrogen) atoms. The van der Waals surface area contributed by atoms with Crippen LogP contribution in [0.3, 0.4) is 0 Å². The zero-order valence-electron chi connectivity index (χ0n) is 12.3. The monoisotopic (exact) mass is 297 g/mol. The maximum absolute atomic E-state index is 11.9. The van der Waals surface area contributed by atoms with Gasteiger partial charge in [0.2, 0.25) is 0 Å². The summed E-state index contributed by atoms with van der Waals surface area (Å²) in [4.78, 5) is 11.9. The van der Waals surface area contributed by atoms with Crippen LogP contribution in [0.5, 0.6) is 0 Å². The van der Waals surface area contributed by atoms with Crippen LogP contribution < -0.4 is 5.32 Å². The van der Waals surface area contributed by atoms with Crippen LogP contribution in [0, 0.1) is 0 Å². The quantitative estimate of drug-likeness (QED) is 0.831. The van der Waals surface area contributed by atoms with Crippen molar-refractivity contribution in [1.29, 1.82) is 0 Å². The molecule has 2 atom stereocenters. The van der Waals surface area contributed by atoms with Gasteiger partial charge in [-0.1, -0.05) is 60.7 Å². The predicted octanol–water partition coefficient (Wildman–Crippen LogP) is 2.29. The van der Waals surface area contributed by atoms with Gasteiger partial charge in [0.1, 0.15) is 18.8 Å². The second-order valence-electron chi connectivity index (χ2n) is 5.31. The van der Waals surface area contributed by atoms with Gasteiger partial charge in [-0.3, -0.25) is 10.1 Å². The molecule has 0 aromatic heterocycles. The molecule has 0 unspecified atom stereocenters. The molecule has 1 saturated heterocycles. The topological polar surface area (TPSA) is 47.6 Å². The zero-order valence-corrected chi connectivity index (χ0v) is 12.3. The maximum Gasteiger partial charge on any atom is 0.326 e. The number of cyclic esters (lactones) is 1. The number of carbonyl (C=O) groups excluding carboxylic acids is 1. The van der Waals surface area contributed by atoms with Crippen molar-refractivity contribution < 1.29 is 14.3 Å². The molecule has 3 rings (SSSR count). The molecule has 1 aliphatic heterocycles. The number of esters is 1. The van der Waals surface area contributed by atoms with E-state index in [1.807, 2.05) is 60.7 Å². The molecule has 1 fully saturated rings. The van der Waals surface area contributed by atoms with Gasteiger partial charge in [0.25, 0.3) is 0 Å². The molecule has 1 N–H and O–H groups in total. The molecule has 0 saturated carbocycles. The molecule has 1 heterocycles. The Hall–Kier alpha value is -2.17. The van der Waals surface area contributed by atoms with Gasteiger partial charge in [-0.15, -0.1) is 0 Å². The number of nitrogens with one attached hydrogen (secondary N) is 1. The molecule has 0 bridgehead atoms. The van der Waals surface area contributed by atoms with E-state index >= 15 is 0 Å². The van der Waals surface area contributed by atoms with Gasteiger partial charge in [0, 0.05) is 6.54 Å². The molecule has 0 aliphatic carbocycles. The Morgan fingerprint density at radius 2 is 1.64 bits per heavy atom. The van der Waals surface area contributed by atoms with E-state index in [4.69, 9.17) is 9.47 Å². The fourth-order valence-corrected chi connectivity index (χ4v) is 2.46. The Bertz CT molecular complexity index is 600. The van der Waals surface area contributed by atoms with Crippen molar-refractivity contribution in [2.24, 2.45) is 0 Å². The average molecular weight is 297 g/mol. The minimum Gasteiger partial charge on any atom is -0.462 e. The van der Waals surface area contributed by atoms with Gasteiger partial charge in [-0.05, 0) is 11.1 Å². The number of ether oxygens (including phenoxy) is 2. The summed E-state index contributed by atoms with van der Waals surface area (Å²) < 4.78 is 11.0. The van der Waals surface area contributed by atoms with E-state index < -0.39 is 6.04 Å². The second kappa shape index (κ2) is 7.20. The summed E-state index contributed by atoms with van der Waals surface area (Å²) in [5.41, 5.74) is 2.22. The second-order valence-corrected chi connectivity index (χ2v) is 5.31. The normalized spacial score (nSPS) is 20.8. The first-order valence-electron chi connectivity index (χ1n) is 7.42. The first-order chi connectivity index (χ1) is 10.8. The summed E-state index contributed by atoms with van der Waals surface area (Å²) in [5, 5.41) is 3.23. The van der Waals surface area contributed by atoms with Crippen molar-refractivity contribution in [3.05, 3.63) is 71.8 Å². The third-order valence-corrected chi connectivity index (χ3v) is 3.69. The summed E-state index contributed by atoms with van der Waals surface area (Å²) in [6.45, 7) is 1.40. The van der Waals surface area contributed by atoms with Gasteiger partial charge in [-0.2, -0.15) is 0 Å². The van der Waals surface area contributed by atoms with Crippen LogP contribution in [0.1, 0.15) is 11.1 Å². The van der Waals surface area contributed by atoms with Crippen LogP contribution in [-0.4, -0.2) is 24.7 Å².